The van der Waals surface area contributed by atoms with Gasteiger partial charge in [-0.2, -0.15) is 0 Å². The van der Waals surface area contributed by atoms with Gasteiger partial charge >= 0.3 is 5.97 Å². The van der Waals surface area contributed by atoms with Crippen LogP contribution in [0.3, 0.4) is 0 Å². The van der Waals surface area contributed by atoms with Crippen molar-refractivity contribution in [3.8, 4) is 0 Å². The van der Waals surface area contributed by atoms with Crippen LogP contribution in [0.25, 0.3) is 0 Å². The lowest BCUT2D eigenvalue weighted by Gasteiger charge is -2.17. The Morgan fingerprint density at radius 2 is 1.76 bits per heavy atom. The number of carbonyl (C=O) groups is 2. The van der Waals surface area contributed by atoms with Gasteiger partial charge in [-0.25, -0.2) is 9.18 Å². The van der Waals surface area contributed by atoms with Crippen LogP contribution in [-0.2, 0) is 26.9 Å². The molecule has 0 unspecified atom stereocenters. The van der Waals surface area contributed by atoms with E-state index in [0.717, 1.165) is 0 Å². The monoisotopic (exact) mass is 363 g/mol. The first kappa shape index (κ1) is 18.8. The Hall–Kier alpha value is -2.54. The first-order chi connectivity index (χ1) is 11.9. The average molecular weight is 363 g/mol. The fourth-order valence-electron chi connectivity index (χ4n) is 2.17. The molecule has 2 aromatic carbocycles. The molecule has 2 aromatic rings. The molecule has 0 N–H and O–H groups in total. The molecule has 2 rings (SSSR count). The number of likely N-dealkylation sites (N-methyl/N-ethyl adjacent to an activating group) is 1. The molecule has 0 aliphatic rings. The zero-order chi connectivity index (χ0) is 18.4. The lowest BCUT2D eigenvalue weighted by atomic mass is 10.2. The van der Waals surface area contributed by atoms with Crippen molar-refractivity contribution in [1.29, 1.82) is 0 Å². The fraction of sp³-hybridized carbons (Fsp3) is 0.222. The summed E-state index contributed by atoms with van der Waals surface area (Å²) in [7, 11) is 0.146. The maximum atomic E-state index is 13.6. The van der Waals surface area contributed by atoms with Crippen LogP contribution in [0.1, 0.15) is 15.9 Å². The van der Waals surface area contributed by atoms with E-state index in [4.69, 9.17) is 4.74 Å². The lowest BCUT2D eigenvalue weighted by molar-refractivity contribution is -0.133. The molecule has 0 aliphatic heterocycles. The molecule has 0 radical (unpaired) electrons. The van der Waals surface area contributed by atoms with E-state index in [1.807, 2.05) is 0 Å². The highest BCUT2D eigenvalue weighted by Crippen LogP contribution is 2.14. The van der Waals surface area contributed by atoms with Crippen molar-refractivity contribution >= 4 is 22.7 Å². The number of nitrogens with zero attached hydrogens (tertiary/aromatic N) is 1. The van der Waals surface area contributed by atoms with Crippen LogP contribution in [0.4, 0.5) is 4.39 Å². The Morgan fingerprint density at radius 1 is 1.12 bits per heavy atom. The maximum absolute atomic E-state index is 13.6. The molecule has 0 bridgehead atoms. The number of amides is 1. The van der Waals surface area contributed by atoms with Gasteiger partial charge in [0.2, 0.25) is 0 Å². The number of carbonyl (C=O) groups excluding carboxylic acids is 2. The van der Waals surface area contributed by atoms with Crippen LogP contribution in [0.15, 0.2) is 53.4 Å². The van der Waals surface area contributed by atoms with Gasteiger partial charge in [0.1, 0.15) is 5.82 Å². The van der Waals surface area contributed by atoms with E-state index in [-0.39, 0.29) is 12.1 Å². The highest BCUT2D eigenvalue weighted by Gasteiger charge is 2.18. The molecule has 0 aromatic heterocycles. The van der Waals surface area contributed by atoms with Crippen LogP contribution in [0.2, 0.25) is 0 Å². The Balaban J connectivity index is 1.96. The smallest absolute Gasteiger partial charge is 0.339 e. The van der Waals surface area contributed by atoms with Gasteiger partial charge in [-0.1, -0.05) is 30.3 Å². The summed E-state index contributed by atoms with van der Waals surface area (Å²) >= 11 is 0. The lowest BCUT2D eigenvalue weighted by Crippen LogP contribution is -2.31. The first-order valence-electron chi connectivity index (χ1n) is 7.47. The third kappa shape index (κ3) is 4.96. The third-order valence-corrected chi connectivity index (χ3v) is 4.51. The van der Waals surface area contributed by atoms with Gasteiger partial charge in [-0.05, 0) is 18.2 Å². The van der Waals surface area contributed by atoms with Gasteiger partial charge in [0.15, 0.2) is 6.61 Å². The molecule has 132 valence electrons. The van der Waals surface area contributed by atoms with Crippen LogP contribution >= 0.6 is 0 Å². The summed E-state index contributed by atoms with van der Waals surface area (Å²) < 4.78 is 30.3. The van der Waals surface area contributed by atoms with Crippen LogP contribution in [0, 0.1) is 5.82 Å². The van der Waals surface area contributed by atoms with E-state index in [1.54, 1.807) is 36.4 Å². The molecule has 0 fully saturated rings. The predicted molar refractivity (Wildman–Crippen MR) is 91.9 cm³/mol. The zero-order valence-corrected chi connectivity index (χ0v) is 14.7. The highest BCUT2D eigenvalue weighted by molar-refractivity contribution is 7.84. The quantitative estimate of drug-likeness (QED) is 0.739. The largest absolute Gasteiger partial charge is 0.452 e. The third-order valence-electron chi connectivity index (χ3n) is 3.53. The molecule has 1 atom stereocenters. The summed E-state index contributed by atoms with van der Waals surface area (Å²) in [6.45, 7) is -0.410. The second-order valence-electron chi connectivity index (χ2n) is 5.37. The summed E-state index contributed by atoms with van der Waals surface area (Å²) in [6.07, 6.45) is 1.46. The van der Waals surface area contributed by atoms with Crippen molar-refractivity contribution in [3.63, 3.8) is 0 Å². The van der Waals surface area contributed by atoms with Crippen LogP contribution < -0.4 is 0 Å². The molecule has 0 heterocycles. The molecule has 0 saturated carbocycles. The molecule has 1 amide bonds. The molecular weight excluding hydrogens is 345 g/mol. The summed E-state index contributed by atoms with van der Waals surface area (Å²) in [4.78, 5) is 25.8. The van der Waals surface area contributed by atoms with E-state index in [9.17, 15) is 18.2 Å². The molecular formula is C18H18FNO4S. The minimum Gasteiger partial charge on any atom is -0.452 e. The van der Waals surface area contributed by atoms with Crippen molar-refractivity contribution in [1.82, 2.24) is 4.90 Å². The Labute approximate surface area is 147 Å². The highest BCUT2D eigenvalue weighted by atomic mass is 32.2. The molecule has 5 nitrogen and oxygen atoms in total. The van der Waals surface area contributed by atoms with Gasteiger partial charge in [0.25, 0.3) is 5.91 Å². The number of hydrogen-bond acceptors (Lipinski definition) is 4. The Kier molecular flexibility index (Phi) is 6.41. The van der Waals surface area contributed by atoms with Crippen molar-refractivity contribution in [2.45, 2.75) is 11.4 Å². The molecule has 0 spiro atoms. The summed E-state index contributed by atoms with van der Waals surface area (Å²) in [5.74, 6) is -1.59. The van der Waals surface area contributed by atoms with Crippen LogP contribution in [0.5, 0.6) is 0 Å². The zero-order valence-electron chi connectivity index (χ0n) is 13.9. The molecule has 7 heteroatoms. The number of hydrogen-bond donors (Lipinski definition) is 0. The second kappa shape index (κ2) is 8.53. The van der Waals surface area contributed by atoms with E-state index in [1.165, 1.54) is 30.3 Å². The van der Waals surface area contributed by atoms with Crippen LogP contribution in [-0.4, -0.2) is 40.9 Å². The van der Waals surface area contributed by atoms with Crippen molar-refractivity contribution in [2.75, 3.05) is 19.9 Å². The van der Waals surface area contributed by atoms with E-state index in [2.05, 4.69) is 0 Å². The summed E-state index contributed by atoms with van der Waals surface area (Å²) in [5, 5.41) is 0. The normalized spacial score (nSPS) is 11.6. The fourth-order valence-corrected chi connectivity index (χ4v) is 2.90. The number of ether oxygens (including phenoxy) is 1. The van der Waals surface area contributed by atoms with E-state index < -0.39 is 35.1 Å². The Bertz CT molecular complexity index is 809. The first-order valence-corrected chi connectivity index (χ1v) is 9.03. The van der Waals surface area contributed by atoms with Crippen molar-refractivity contribution in [3.05, 3.63) is 65.5 Å². The summed E-state index contributed by atoms with van der Waals surface area (Å²) in [5.41, 5.74) is 0.532. The van der Waals surface area contributed by atoms with Gasteiger partial charge in [-0.15, -0.1) is 0 Å². The van der Waals surface area contributed by atoms with E-state index >= 15 is 0 Å². The summed E-state index contributed by atoms with van der Waals surface area (Å²) in [6, 6.07) is 12.5. The maximum Gasteiger partial charge on any atom is 0.339 e. The second-order valence-corrected chi connectivity index (χ2v) is 6.72. The Morgan fingerprint density at radius 3 is 2.44 bits per heavy atom. The van der Waals surface area contributed by atoms with Gasteiger partial charge in [0, 0.05) is 25.4 Å². The van der Waals surface area contributed by atoms with Gasteiger partial charge in [-0.3, -0.25) is 9.00 Å². The minimum atomic E-state index is -1.35. The SMILES string of the molecule is CN(Cc1ccccc1F)C(=O)COC(=O)c1ccccc1[S@](C)=O. The molecule has 0 aliphatic carbocycles. The van der Waals surface area contributed by atoms with Gasteiger partial charge < -0.3 is 9.64 Å². The standard InChI is InChI=1S/C18H18FNO4S/c1-20(11-13-7-3-5-9-15(13)19)17(21)12-24-18(22)14-8-4-6-10-16(14)25(2)23/h3-10H,11-12H2,1-2H3/t25-/m0/s1. The number of benzene rings is 2. The topological polar surface area (TPSA) is 63.7 Å². The minimum absolute atomic E-state index is 0.0681. The average Bonchev–Trinajstić information content (AvgIpc) is 2.61. The number of esters is 1. The van der Waals surface area contributed by atoms with Crippen molar-refractivity contribution < 1.29 is 22.9 Å². The van der Waals surface area contributed by atoms with Gasteiger partial charge in [0.05, 0.1) is 21.3 Å². The van der Waals surface area contributed by atoms with Crippen molar-refractivity contribution in [2.24, 2.45) is 0 Å². The predicted octanol–water partition coefficient (Wildman–Crippen LogP) is 2.38. The van der Waals surface area contributed by atoms with E-state index in [0.29, 0.717) is 10.5 Å². The number of halogens is 1. The number of rotatable bonds is 6. The molecule has 25 heavy (non-hydrogen) atoms. The molecule has 0 saturated heterocycles.